The van der Waals surface area contributed by atoms with E-state index in [1.165, 1.54) is 6.07 Å². The minimum Gasteiger partial charge on any atom is -0.429 e. The van der Waals surface area contributed by atoms with Crippen molar-refractivity contribution < 1.29 is 35.5 Å². The second-order valence-electron chi connectivity index (χ2n) is 7.02. The van der Waals surface area contributed by atoms with Gasteiger partial charge in [-0.15, -0.1) is 0 Å². The van der Waals surface area contributed by atoms with Gasteiger partial charge in [-0.05, 0) is 51.2 Å². The highest BCUT2D eigenvalue weighted by molar-refractivity contribution is 9.09. The molecule has 0 aliphatic carbocycles. The van der Waals surface area contributed by atoms with Crippen molar-refractivity contribution in [2.45, 2.75) is 30.7 Å². The van der Waals surface area contributed by atoms with Gasteiger partial charge in [0.05, 0.1) is 5.56 Å². The van der Waals surface area contributed by atoms with E-state index in [1.54, 1.807) is 28.1 Å². The van der Waals surface area contributed by atoms with Crippen LogP contribution in [0.2, 0.25) is 0 Å². The summed E-state index contributed by atoms with van der Waals surface area (Å²) < 4.78 is 102. The van der Waals surface area contributed by atoms with E-state index in [2.05, 4.69) is 4.74 Å². The van der Waals surface area contributed by atoms with Crippen LogP contribution < -0.4 is 4.74 Å². The smallest absolute Gasteiger partial charge is 0.429 e. The first-order chi connectivity index (χ1) is 14.9. The summed E-state index contributed by atoms with van der Waals surface area (Å²) in [5.74, 6) is -6.00. The molecule has 1 nitrogen and oxygen atoms in total. The predicted molar refractivity (Wildman–Crippen MR) is 110 cm³/mol. The van der Waals surface area contributed by atoms with Crippen LogP contribution in [0.5, 0.6) is 5.75 Å². The first kappa shape index (κ1) is 24.1. The van der Waals surface area contributed by atoms with Crippen LogP contribution in [0.3, 0.4) is 0 Å². The molecule has 3 aromatic carbocycles. The Morgan fingerprint density at radius 3 is 1.84 bits per heavy atom. The van der Waals surface area contributed by atoms with Crippen LogP contribution >= 0.6 is 15.9 Å². The van der Waals surface area contributed by atoms with Crippen molar-refractivity contribution in [1.82, 2.24) is 0 Å². The first-order valence-electron chi connectivity index (χ1n) is 9.44. The Morgan fingerprint density at radius 2 is 1.34 bits per heavy atom. The lowest BCUT2D eigenvalue weighted by molar-refractivity contribution is -0.187. The van der Waals surface area contributed by atoms with Crippen LogP contribution in [0.1, 0.15) is 30.0 Å². The fourth-order valence-corrected chi connectivity index (χ4v) is 3.54. The molecule has 0 atom stereocenters. The summed E-state index contributed by atoms with van der Waals surface area (Å²) >= 11 is 1.81. The van der Waals surface area contributed by atoms with E-state index < -0.39 is 45.3 Å². The highest BCUT2D eigenvalue weighted by atomic mass is 79.9. The first-order valence-corrected chi connectivity index (χ1v) is 10.2. The molecule has 0 fully saturated rings. The van der Waals surface area contributed by atoms with E-state index in [4.69, 9.17) is 0 Å². The summed E-state index contributed by atoms with van der Waals surface area (Å²) in [6.07, 6.45) is -2.51. The number of ether oxygens (including phenoxy) is 1. The van der Waals surface area contributed by atoms with Crippen LogP contribution in [-0.4, -0.2) is 0 Å². The minimum atomic E-state index is -4.33. The number of halogens is 8. The second-order valence-corrected chi connectivity index (χ2v) is 8.02. The van der Waals surface area contributed by atoms with Crippen LogP contribution in [0.4, 0.5) is 30.7 Å². The van der Waals surface area contributed by atoms with Crippen LogP contribution in [0.15, 0.2) is 54.6 Å². The summed E-state index contributed by atoms with van der Waals surface area (Å²) in [4.78, 5) is -4.06. The zero-order valence-electron chi connectivity index (χ0n) is 16.5. The van der Waals surface area contributed by atoms with Gasteiger partial charge in [0.15, 0.2) is 0 Å². The summed E-state index contributed by atoms with van der Waals surface area (Å²) in [6, 6.07) is 10.5. The van der Waals surface area contributed by atoms with Crippen molar-refractivity contribution in [3.05, 3.63) is 88.7 Å². The summed E-state index contributed by atoms with van der Waals surface area (Å²) in [5.41, 5.74) is -0.814. The Bertz CT molecular complexity index is 1090. The standard InChI is InChI=1S/C23H16BrF7O/c1-2-3-13-4-6-14(7-5-13)15-8-9-17(18(25)10-15)23(30,31)32-16-11-19(26)21(20(27)12-16)22(24,28)29/h4-12H,2-3H2,1H3. The van der Waals surface area contributed by atoms with Gasteiger partial charge in [-0.1, -0.05) is 43.7 Å². The van der Waals surface area contributed by atoms with Gasteiger partial charge in [0, 0.05) is 12.1 Å². The Labute approximate surface area is 188 Å². The fraction of sp³-hybridized carbons (Fsp3) is 0.217. The lowest BCUT2D eigenvalue weighted by Gasteiger charge is -2.20. The minimum absolute atomic E-state index is 0.172. The molecule has 0 N–H and O–H groups in total. The third-order valence-corrected chi connectivity index (χ3v) is 5.05. The van der Waals surface area contributed by atoms with E-state index in [0.717, 1.165) is 30.5 Å². The third kappa shape index (κ3) is 5.26. The summed E-state index contributed by atoms with van der Waals surface area (Å²) in [7, 11) is 0. The van der Waals surface area contributed by atoms with Crippen molar-refractivity contribution in [3.8, 4) is 16.9 Å². The third-order valence-electron chi connectivity index (χ3n) is 4.65. The summed E-state index contributed by atoms with van der Waals surface area (Å²) in [5, 5.41) is 0. The molecule has 170 valence electrons. The molecule has 0 unspecified atom stereocenters. The van der Waals surface area contributed by atoms with Crippen molar-refractivity contribution in [2.24, 2.45) is 0 Å². The molecule has 3 aromatic rings. The van der Waals surface area contributed by atoms with Crippen molar-refractivity contribution in [2.75, 3.05) is 0 Å². The maximum absolute atomic E-state index is 14.5. The number of benzene rings is 3. The number of hydrogen-bond acceptors (Lipinski definition) is 1. The maximum atomic E-state index is 14.5. The number of alkyl halides is 5. The second kappa shape index (κ2) is 9.13. The highest BCUT2D eigenvalue weighted by Gasteiger charge is 2.40. The van der Waals surface area contributed by atoms with Crippen LogP contribution in [0.25, 0.3) is 11.1 Å². The molecule has 0 saturated carbocycles. The Balaban J connectivity index is 1.87. The van der Waals surface area contributed by atoms with Gasteiger partial charge in [0.1, 0.15) is 28.8 Å². The molecule has 3 rings (SSSR count). The summed E-state index contributed by atoms with van der Waals surface area (Å²) in [6.45, 7) is 2.03. The molecule has 9 heteroatoms. The zero-order valence-corrected chi connectivity index (χ0v) is 18.1. The van der Waals surface area contributed by atoms with Gasteiger partial charge >= 0.3 is 10.9 Å². The lowest BCUT2D eigenvalue weighted by atomic mass is 10.0. The number of rotatable bonds is 7. The van der Waals surface area contributed by atoms with Gasteiger partial charge in [0.2, 0.25) is 0 Å². The van der Waals surface area contributed by atoms with Crippen molar-refractivity contribution in [3.63, 3.8) is 0 Å². The quantitative estimate of drug-likeness (QED) is 0.225. The Kier molecular flexibility index (Phi) is 6.88. The molecule has 0 bridgehead atoms. The van der Waals surface area contributed by atoms with Gasteiger partial charge in [-0.2, -0.15) is 17.6 Å². The highest BCUT2D eigenvalue weighted by Crippen LogP contribution is 2.41. The van der Waals surface area contributed by atoms with Gasteiger partial charge in [0.25, 0.3) is 0 Å². The molecule has 0 spiro atoms. The largest absolute Gasteiger partial charge is 0.429 e. The molecule has 0 aliphatic rings. The van der Waals surface area contributed by atoms with Gasteiger partial charge in [-0.25, -0.2) is 13.2 Å². The molecule has 0 heterocycles. The van der Waals surface area contributed by atoms with E-state index in [-0.39, 0.29) is 12.1 Å². The molecule has 0 aromatic heterocycles. The molecular weight excluding hydrogens is 505 g/mol. The number of hydrogen-bond donors (Lipinski definition) is 0. The van der Waals surface area contributed by atoms with Gasteiger partial charge in [-0.3, -0.25) is 0 Å². The number of aryl methyl sites for hydroxylation is 1. The van der Waals surface area contributed by atoms with E-state index in [0.29, 0.717) is 11.1 Å². The Morgan fingerprint density at radius 1 is 0.781 bits per heavy atom. The predicted octanol–water partition coefficient (Wildman–Crippen LogP) is 8.30. The maximum Gasteiger partial charge on any atom is 0.429 e. The lowest BCUT2D eigenvalue weighted by Crippen LogP contribution is -2.24. The topological polar surface area (TPSA) is 9.23 Å². The molecule has 0 aliphatic heterocycles. The average molecular weight is 521 g/mol. The molecule has 32 heavy (non-hydrogen) atoms. The normalized spacial score (nSPS) is 12.2. The Hall–Kier alpha value is -2.55. The monoisotopic (exact) mass is 520 g/mol. The van der Waals surface area contributed by atoms with E-state index in [1.807, 2.05) is 19.1 Å². The average Bonchev–Trinajstić information content (AvgIpc) is 2.66. The van der Waals surface area contributed by atoms with E-state index >= 15 is 0 Å². The van der Waals surface area contributed by atoms with Crippen LogP contribution in [-0.2, 0) is 17.4 Å². The molecule has 0 radical (unpaired) electrons. The van der Waals surface area contributed by atoms with Crippen LogP contribution in [0, 0.1) is 17.5 Å². The molecule has 0 amide bonds. The van der Waals surface area contributed by atoms with Crippen molar-refractivity contribution >= 4 is 15.9 Å². The zero-order chi connectivity index (χ0) is 23.7. The van der Waals surface area contributed by atoms with Crippen molar-refractivity contribution in [1.29, 1.82) is 0 Å². The SMILES string of the molecule is CCCc1ccc(-c2ccc(C(F)(F)Oc3cc(F)c(C(F)(F)Br)c(F)c3)c(F)c2)cc1. The molecular formula is C23H16BrF7O. The van der Waals surface area contributed by atoms with E-state index in [9.17, 15) is 30.7 Å². The van der Waals surface area contributed by atoms with Gasteiger partial charge < -0.3 is 4.74 Å². The fourth-order valence-electron chi connectivity index (χ4n) is 3.17. The molecule has 0 saturated heterocycles.